The lowest BCUT2D eigenvalue weighted by atomic mass is 10.1. The molecule has 1 heterocycles. The zero-order valence-corrected chi connectivity index (χ0v) is 10.3. The maximum atomic E-state index is 11.2. The molecule has 0 unspecified atom stereocenters. The summed E-state index contributed by atoms with van der Waals surface area (Å²) in [5.41, 5.74) is 1.87. The van der Waals surface area contributed by atoms with Gasteiger partial charge in [-0.05, 0) is 31.0 Å². The van der Waals surface area contributed by atoms with Crippen LogP contribution in [-0.2, 0) is 0 Å². The number of benzene rings is 1. The van der Waals surface area contributed by atoms with Crippen molar-refractivity contribution in [3.63, 3.8) is 0 Å². The van der Waals surface area contributed by atoms with E-state index in [9.17, 15) is 9.90 Å². The van der Waals surface area contributed by atoms with Crippen molar-refractivity contribution in [1.82, 2.24) is 9.78 Å². The lowest BCUT2D eigenvalue weighted by molar-refractivity contribution is 0.0695. The minimum atomic E-state index is -0.926. The van der Waals surface area contributed by atoms with Gasteiger partial charge in [0.25, 0.3) is 0 Å². The Bertz CT molecular complexity index is 617. The highest BCUT2D eigenvalue weighted by Crippen LogP contribution is 2.42. The first-order chi connectivity index (χ1) is 8.66. The molecular formula is C13H11ClN2O2. The molecule has 92 valence electrons. The van der Waals surface area contributed by atoms with E-state index in [1.165, 1.54) is 6.20 Å². The third-order valence-electron chi connectivity index (χ3n) is 3.05. The fourth-order valence-electron chi connectivity index (χ4n) is 2.09. The summed E-state index contributed by atoms with van der Waals surface area (Å²) in [6.45, 7) is 0. The molecule has 2 aromatic rings. The van der Waals surface area contributed by atoms with Crippen molar-refractivity contribution < 1.29 is 9.90 Å². The van der Waals surface area contributed by atoms with Crippen molar-refractivity contribution >= 4 is 17.6 Å². The minimum Gasteiger partial charge on any atom is -0.478 e. The van der Waals surface area contributed by atoms with Crippen molar-refractivity contribution in [3.05, 3.63) is 46.7 Å². The fourth-order valence-corrected chi connectivity index (χ4v) is 2.27. The summed E-state index contributed by atoms with van der Waals surface area (Å²) in [6, 6.07) is 7.27. The van der Waals surface area contributed by atoms with Crippen LogP contribution < -0.4 is 0 Å². The molecule has 0 radical (unpaired) electrons. The zero-order valence-electron chi connectivity index (χ0n) is 9.51. The zero-order chi connectivity index (χ0) is 12.7. The molecule has 5 heteroatoms. The third-order valence-corrected chi connectivity index (χ3v) is 3.29. The summed E-state index contributed by atoms with van der Waals surface area (Å²) in [5.74, 6) is -0.622. The Labute approximate surface area is 109 Å². The number of aromatic carboxylic acids is 1. The summed E-state index contributed by atoms with van der Waals surface area (Å²) < 4.78 is 1.69. The van der Waals surface area contributed by atoms with Crippen LogP contribution in [0.25, 0.3) is 5.69 Å². The van der Waals surface area contributed by atoms with E-state index in [1.54, 1.807) is 16.8 Å². The molecule has 0 amide bonds. The molecule has 3 rings (SSSR count). The Balaban J connectivity index is 2.15. The van der Waals surface area contributed by atoms with Gasteiger partial charge >= 0.3 is 5.97 Å². The van der Waals surface area contributed by atoms with E-state index in [4.69, 9.17) is 11.6 Å². The first-order valence-corrected chi connectivity index (χ1v) is 6.12. The van der Waals surface area contributed by atoms with E-state index in [0.29, 0.717) is 10.9 Å². The Morgan fingerprint density at radius 2 is 2.22 bits per heavy atom. The molecule has 4 nitrogen and oxygen atoms in total. The number of carboxylic acid groups (broad SMARTS) is 1. The van der Waals surface area contributed by atoms with Gasteiger partial charge in [0, 0.05) is 10.9 Å². The number of carbonyl (C=O) groups is 1. The van der Waals surface area contributed by atoms with E-state index >= 15 is 0 Å². The van der Waals surface area contributed by atoms with Crippen LogP contribution in [0.1, 0.15) is 34.8 Å². The molecule has 1 aromatic carbocycles. The van der Waals surface area contributed by atoms with Crippen molar-refractivity contribution in [2.24, 2.45) is 0 Å². The van der Waals surface area contributed by atoms with Gasteiger partial charge in [0.2, 0.25) is 0 Å². The topological polar surface area (TPSA) is 55.1 Å². The Hall–Kier alpha value is -1.81. The number of hydrogen-bond acceptors (Lipinski definition) is 2. The summed E-state index contributed by atoms with van der Waals surface area (Å²) in [5, 5.41) is 14.0. The third kappa shape index (κ3) is 1.88. The molecule has 0 atom stereocenters. The first-order valence-electron chi connectivity index (χ1n) is 5.74. The van der Waals surface area contributed by atoms with Gasteiger partial charge < -0.3 is 5.11 Å². The van der Waals surface area contributed by atoms with Gasteiger partial charge in [-0.2, -0.15) is 5.10 Å². The van der Waals surface area contributed by atoms with Gasteiger partial charge in [-0.15, -0.1) is 0 Å². The highest BCUT2D eigenvalue weighted by Gasteiger charge is 2.32. The number of nitrogens with zero attached hydrogens (tertiary/aromatic N) is 2. The predicted molar refractivity (Wildman–Crippen MR) is 67.5 cm³/mol. The SMILES string of the molecule is O=C(O)c1cnn(-c2cccc(Cl)c2)c1C1CC1. The van der Waals surface area contributed by atoms with Gasteiger partial charge in [0.15, 0.2) is 0 Å². The van der Waals surface area contributed by atoms with Gasteiger partial charge in [-0.25, -0.2) is 9.48 Å². The monoisotopic (exact) mass is 262 g/mol. The Morgan fingerprint density at radius 3 is 2.83 bits per heavy atom. The van der Waals surface area contributed by atoms with E-state index in [2.05, 4.69) is 5.10 Å². The predicted octanol–water partition coefficient (Wildman–Crippen LogP) is 3.10. The van der Waals surface area contributed by atoms with Gasteiger partial charge in [-0.1, -0.05) is 17.7 Å². The van der Waals surface area contributed by atoms with Crippen LogP contribution in [0.5, 0.6) is 0 Å². The van der Waals surface area contributed by atoms with Crippen LogP contribution in [0.3, 0.4) is 0 Å². The summed E-state index contributed by atoms with van der Waals surface area (Å²) >= 11 is 5.95. The standard InChI is InChI=1S/C13H11ClN2O2/c14-9-2-1-3-10(6-9)16-12(8-4-5-8)11(7-15-16)13(17)18/h1-3,6-8H,4-5H2,(H,17,18). The molecule has 1 N–H and O–H groups in total. The average molecular weight is 263 g/mol. The maximum Gasteiger partial charge on any atom is 0.339 e. The maximum absolute atomic E-state index is 11.2. The highest BCUT2D eigenvalue weighted by molar-refractivity contribution is 6.30. The summed E-state index contributed by atoms with van der Waals surface area (Å²) in [7, 11) is 0. The van der Waals surface area contributed by atoms with Crippen molar-refractivity contribution in [2.45, 2.75) is 18.8 Å². The number of hydrogen-bond donors (Lipinski definition) is 1. The van der Waals surface area contributed by atoms with E-state index in [1.807, 2.05) is 12.1 Å². The van der Waals surface area contributed by atoms with Crippen molar-refractivity contribution in [2.75, 3.05) is 0 Å². The average Bonchev–Trinajstić information content (AvgIpc) is 3.07. The van der Waals surface area contributed by atoms with Crippen LogP contribution >= 0.6 is 11.6 Å². The van der Waals surface area contributed by atoms with E-state index < -0.39 is 5.97 Å². The normalized spacial score (nSPS) is 14.7. The van der Waals surface area contributed by atoms with Crippen molar-refractivity contribution in [1.29, 1.82) is 0 Å². The molecule has 0 aliphatic heterocycles. The number of rotatable bonds is 3. The number of carboxylic acids is 1. The van der Waals surface area contributed by atoms with Crippen molar-refractivity contribution in [3.8, 4) is 5.69 Å². The number of aromatic nitrogens is 2. The van der Waals surface area contributed by atoms with Crippen LogP contribution in [0, 0.1) is 0 Å². The molecule has 0 bridgehead atoms. The molecule has 1 aromatic heterocycles. The molecule has 1 saturated carbocycles. The second-order valence-corrected chi connectivity index (χ2v) is 4.85. The van der Waals surface area contributed by atoms with E-state index in [0.717, 1.165) is 24.2 Å². The summed E-state index contributed by atoms with van der Waals surface area (Å²) in [4.78, 5) is 11.2. The largest absolute Gasteiger partial charge is 0.478 e. The lowest BCUT2D eigenvalue weighted by Crippen LogP contribution is -2.05. The second-order valence-electron chi connectivity index (χ2n) is 4.41. The minimum absolute atomic E-state index is 0.289. The number of halogens is 1. The van der Waals surface area contributed by atoms with E-state index in [-0.39, 0.29) is 5.56 Å². The summed E-state index contributed by atoms with van der Waals surface area (Å²) in [6.07, 6.45) is 3.45. The van der Waals surface area contributed by atoms with Gasteiger partial charge in [0.1, 0.15) is 5.56 Å². The Morgan fingerprint density at radius 1 is 1.44 bits per heavy atom. The van der Waals surface area contributed by atoms with Crippen LogP contribution in [0.2, 0.25) is 5.02 Å². The molecule has 0 saturated heterocycles. The van der Waals surface area contributed by atoms with Gasteiger partial charge in [-0.3, -0.25) is 0 Å². The molecule has 1 fully saturated rings. The fraction of sp³-hybridized carbons (Fsp3) is 0.231. The molecule has 18 heavy (non-hydrogen) atoms. The smallest absolute Gasteiger partial charge is 0.339 e. The van der Waals surface area contributed by atoms with Crippen LogP contribution in [0.4, 0.5) is 0 Å². The Kier molecular flexibility index (Phi) is 2.59. The van der Waals surface area contributed by atoms with Crippen LogP contribution in [0.15, 0.2) is 30.5 Å². The molecule has 0 spiro atoms. The van der Waals surface area contributed by atoms with Crippen LogP contribution in [-0.4, -0.2) is 20.9 Å². The van der Waals surface area contributed by atoms with Gasteiger partial charge in [0.05, 0.1) is 17.6 Å². The quantitative estimate of drug-likeness (QED) is 0.925. The molecule has 1 aliphatic carbocycles. The lowest BCUT2D eigenvalue weighted by Gasteiger charge is -2.07. The highest BCUT2D eigenvalue weighted by atomic mass is 35.5. The first kappa shape index (κ1) is 11.3. The second kappa shape index (κ2) is 4.14. The molecular weight excluding hydrogens is 252 g/mol. The molecule has 1 aliphatic rings.